The Balaban J connectivity index is 1.80. The van der Waals surface area contributed by atoms with Crippen LogP contribution in [0.1, 0.15) is 19.3 Å². The lowest BCUT2D eigenvalue weighted by Crippen LogP contribution is -2.42. The SMILES string of the molecule is NC1CCN(CCC(F)(F)Oc2ccc(F)cc2)CC1. The van der Waals surface area contributed by atoms with Gasteiger partial charge in [-0.05, 0) is 50.2 Å². The molecular weight excluding hydrogens is 269 g/mol. The molecule has 2 N–H and O–H groups in total. The van der Waals surface area contributed by atoms with Gasteiger partial charge in [0.15, 0.2) is 0 Å². The molecule has 3 nitrogen and oxygen atoms in total. The van der Waals surface area contributed by atoms with Gasteiger partial charge < -0.3 is 15.4 Å². The number of piperidine rings is 1. The van der Waals surface area contributed by atoms with Crippen molar-refractivity contribution < 1.29 is 17.9 Å². The molecule has 6 heteroatoms. The van der Waals surface area contributed by atoms with E-state index in [4.69, 9.17) is 5.73 Å². The molecule has 1 aliphatic heterocycles. The fraction of sp³-hybridized carbons (Fsp3) is 0.571. The molecule has 0 radical (unpaired) electrons. The van der Waals surface area contributed by atoms with E-state index in [0.717, 1.165) is 38.1 Å². The number of rotatable bonds is 5. The minimum absolute atomic E-state index is 0.0305. The topological polar surface area (TPSA) is 38.5 Å². The summed E-state index contributed by atoms with van der Waals surface area (Å²) in [6.07, 6.45) is -1.97. The number of hydrogen-bond donors (Lipinski definition) is 1. The van der Waals surface area contributed by atoms with Crippen LogP contribution in [0.5, 0.6) is 5.75 Å². The first-order chi connectivity index (χ1) is 9.44. The first kappa shape index (κ1) is 15.1. The Bertz CT molecular complexity index is 417. The van der Waals surface area contributed by atoms with Crippen LogP contribution < -0.4 is 10.5 Å². The highest BCUT2D eigenvalue weighted by Crippen LogP contribution is 2.25. The third-order valence-electron chi connectivity index (χ3n) is 3.43. The largest absolute Gasteiger partial charge is 0.433 e. The van der Waals surface area contributed by atoms with Crippen LogP contribution >= 0.6 is 0 Å². The zero-order chi connectivity index (χ0) is 14.6. The van der Waals surface area contributed by atoms with Crippen molar-refractivity contribution in [2.45, 2.75) is 31.4 Å². The zero-order valence-corrected chi connectivity index (χ0v) is 11.2. The molecule has 1 saturated heterocycles. The van der Waals surface area contributed by atoms with E-state index in [0.29, 0.717) is 0 Å². The molecule has 0 spiro atoms. The summed E-state index contributed by atoms with van der Waals surface area (Å²) in [5, 5.41) is 0. The third kappa shape index (κ3) is 4.68. The molecule has 0 aromatic heterocycles. The molecule has 0 saturated carbocycles. The van der Waals surface area contributed by atoms with Crippen molar-refractivity contribution in [3.05, 3.63) is 30.1 Å². The summed E-state index contributed by atoms with van der Waals surface area (Å²) in [6, 6.07) is 4.77. The van der Waals surface area contributed by atoms with E-state index in [1.54, 1.807) is 0 Å². The Morgan fingerprint density at radius 2 is 1.80 bits per heavy atom. The van der Waals surface area contributed by atoms with Gasteiger partial charge in [-0.3, -0.25) is 0 Å². The number of ether oxygens (including phenoxy) is 1. The molecule has 0 amide bonds. The molecule has 1 aromatic carbocycles. The van der Waals surface area contributed by atoms with Crippen molar-refractivity contribution in [3.63, 3.8) is 0 Å². The average molecular weight is 288 g/mol. The number of benzene rings is 1. The molecule has 1 aliphatic rings. The Kier molecular flexibility index (Phi) is 4.88. The molecule has 1 aromatic rings. The van der Waals surface area contributed by atoms with Crippen LogP contribution in [0.3, 0.4) is 0 Å². The number of hydrogen-bond acceptors (Lipinski definition) is 3. The zero-order valence-electron chi connectivity index (χ0n) is 11.2. The highest BCUT2D eigenvalue weighted by molar-refractivity contribution is 5.22. The fourth-order valence-corrected chi connectivity index (χ4v) is 2.19. The maximum absolute atomic E-state index is 13.7. The number of nitrogens with zero attached hydrogens (tertiary/aromatic N) is 1. The molecule has 20 heavy (non-hydrogen) atoms. The first-order valence-corrected chi connectivity index (χ1v) is 6.75. The van der Waals surface area contributed by atoms with Gasteiger partial charge in [-0.15, -0.1) is 0 Å². The molecule has 112 valence electrons. The molecule has 1 heterocycles. The maximum Gasteiger partial charge on any atom is 0.399 e. The summed E-state index contributed by atoms with van der Waals surface area (Å²) in [5.74, 6) is -0.512. The summed E-state index contributed by atoms with van der Waals surface area (Å²) in [6.45, 7) is 1.75. The highest BCUT2D eigenvalue weighted by atomic mass is 19.3. The van der Waals surface area contributed by atoms with Gasteiger partial charge in [-0.25, -0.2) is 4.39 Å². The Labute approximate surface area is 116 Å². The predicted molar refractivity (Wildman–Crippen MR) is 70.2 cm³/mol. The molecule has 0 unspecified atom stereocenters. The number of nitrogens with two attached hydrogens (primary N) is 1. The van der Waals surface area contributed by atoms with E-state index >= 15 is 0 Å². The first-order valence-electron chi connectivity index (χ1n) is 6.75. The monoisotopic (exact) mass is 288 g/mol. The molecular formula is C14H19F3N2O. The van der Waals surface area contributed by atoms with Crippen molar-refractivity contribution >= 4 is 0 Å². The smallest absolute Gasteiger partial charge is 0.399 e. The quantitative estimate of drug-likeness (QED) is 0.905. The highest BCUT2D eigenvalue weighted by Gasteiger charge is 2.32. The maximum atomic E-state index is 13.7. The van der Waals surface area contributed by atoms with Gasteiger partial charge >= 0.3 is 6.11 Å². The predicted octanol–water partition coefficient (Wildman–Crippen LogP) is 2.61. The van der Waals surface area contributed by atoms with Gasteiger partial charge in [0, 0.05) is 12.6 Å². The van der Waals surface area contributed by atoms with Gasteiger partial charge in [-0.2, -0.15) is 8.78 Å². The minimum atomic E-state index is -3.25. The molecule has 1 fully saturated rings. The number of halogens is 3. The van der Waals surface area contributed by atoms with Crippen LogP contribution in [0.15, 0.2) is 24.3 Å². The summed E-state index contributed by atoms with van der Waals surface area (Å²) in [7, 11) is 0. The van der Waals surface area contributed by atoms with Gasteiger partial charge in [0.05, 0.1) is 6.42 Å². The Morgan fingerprint density at radius 3 is 2.40 bits per heavy atom. The van der Waals surface area contributed by atoms with Crippen LogP contribution in [0, 0.1) is 5.82 Å². The van der Waals surface area contributed by atoms with E-state index in [2.05, 4.69) is 4.74 Å². The number of likely N-dealkylation sites (tertiary alicyclic amines) is 1. The molecule has 0 atom stereocenters. The van der Waals surface area contributed by atoms with Crippen molar-refractivity contribution in [2.24, 2.45) is 5.73 Å². The standard InChI is InChI=1S/C14H19F3N2O/c15-11-1-3-13(4-2-11)20-14(16,17)7-10-19-8-5-12(18)6-9-19/h1-4,12H,5-10,18H2. The molecule has 0 bridgehead atoms. The Morgan fingerprint density at radius 1 is 1.20 bits per heavy atom. The van der Waals surface area contributed by atoms with Crippen molar-refractivity contribution in [1.29, 1.82) is 0 Å². The second-order valence-corrected chi connectivity index (χ2v) is 5.12. The van der Waals surface area contributed by atoms with Crippen LogP contribution in [-0.2, 0) is 0 Å². The number of alkyl halides is 2. The van der Waals surface area contributed by atoms with E-state index in [9.17, 15) is 13.2 Å². The average Bonchev–Trinajstić information content (AvgIpc) is 2.41. The molecule has 0 aliphatic carbocycles. The van der Waals surface area contributed by atoms with Gasteiger partial charge in [0.25, 0.3) is 0 Å². The fourth-order valence-electron chi connectivity index (χ4n) is 2.19. The third-order valence-corrected chi connectivity index (χ3v) is 3.43. The lowest BCUT2D eigenvalue weighted by Gasteiger charge is -2.31. The Hall–Kier alpha value is -1.27. The second kappa shape index (κ2) is 6.45. The molecule has 2 rings (SSSR count). The lowest BCUT2D eigenvalue weighted by molar-refractivity contribution is -0.183. The van der Waals surface area contributed by atoms with Crippen molar-refractivity contribution in [1.82, 2.24) is 4.90 Å². The summed E-state index contributed by atoms with van der Waals surface area (Å²) >= 11 is 0. The van der Waals surface area contributed by atoms with Crippen molar-refractivity contribution in [3.8, 4) is 5.75 Å². The van der Waals surface area contributed by atoms with Crippen molar-refractivity contribution in [2.75, 3.05) is 19.6 Å². The van der Waals surface area contributed by atoms with E-state index in [1.807, 2.05) is 4.90 Å². The van der Waals surface area contributed by atoms with Crippen LogP contribution in [0.25, 0.3) is 0 Å². The van der Waals surface area contributed by atoms with Crippen LogP contribution in [0.2, 0.25) is 0 Å². The minimum Gasteiger partial charge on any atom is -0.433 e. The van der Waals surface area contributed by atoms with Crippen LogP contribution in [0.4, 0.5) is 13.2 Å². The lowest BCUT2D eigenvalue weighted by atomic mass is 10.1. The van der Waals surface area contributed by atoms with Gasteiger partial charge in [0.1, 0.15) is 11.6 Å². The van der Waals surface area contributed by atoms with Gasteiger partial charge in [-0.1, -0.05) is 0 Å². The van der Waals surface area contributed by atoms with E-state index < -0.39 is 11.9 Å². The second-order valence-electron chi connectivity index (χ2n) is 5.12. The summed E-state index contributed by atoms with van der Waals surface area (Å²) in [5.41, 5.74) is 5.76. The van der Waals surface area contributed by atoms with Crippen LogP contribution in [-0.4, -0.2) is 36.7 Å². The normalized spacial score (nSPS) is 18.2. The van der Waals surface area contributed by atoms with E-state index in [1.165, 1.54) is 12.1 Å². The summed E-state index contributed by atoms with van der Waals surface area (Å²) < 4.78 is 44.6. The summed E-state index contributed by atoms with van der Waals surface area (Å²) in [4.78, 5) is 1.96. The van der Waals surface area contributed by atoms with Gasteiger partial charge in [0.2, 0.25) is 0 Å². The van der Waals surface area contributed by atoms with E-state index in [-0.39, 0.29) is 24.8 Å².